The van der Waals surface area contributed by atoms with Crippen LogP contribution in [0.25, 0.3) is 0 Å². The molecule has 14 heteroatoms. The quantitative estimate of drug-likeness (QED) is 0.0205. The number of aliphatic hydroxyl groups is 8. The fourth-order valence-corrected chi connectivity index (χ4v) is 9.84. The van der Waals surface area contributed by atoms with Gasteiger partial charge in [0.05, 0.1) is 32.0 Å². The number of rotatable bonds is 47. The lowest BCUT2D eigenvalue weighted by molar-refractivity contribution is -0.359. The summed E-state index contributed by atoms with van der Waals surface area (Å²) in [5.41, 5.74) is 0. The number of carbonyl (C=O) groups excluding carboxylic acids is 1. The number of hydrogen-bond donors (Lipinski definition) is 9. The molecule has 72 heavy (non-hydrogen) atoms. The Balaban J connectivity index is 1.77. The molecule has 0 aromatic carbocycles. The summed E-state index contributed by atoms with van der Waals surface area (Å²) in [6.07, 6.45) is 35.1. The molecule has 0 bridgehead atoms. The average Bonchev–Trinajstić information content (AvgIpc) is 3.38. The van der Waals surface area contributed by atoms with Gasteiger partial charge in [0.25, 0.3) is 0 Å². The molecular formula is C58H109NO13. The van der Waals surface area contributed by atoms with Gasteiger partial charge in [-0.05, 0) is 32.1 Å². The van der Waals surface area contributed by atoms with Crippen LogP contribution in [0.3, 0.4) is 0 Å². The van der Waals surface area contributed by atoms with Crippen molar-refractivity contribution < 1.29 is 64.6 Å². The van der Waals surface area contributed by atoms with Crippen LogP contribution in [0.4, 0.5) is 0 Å². The van der Waals surface area contributed by atoms with Crippen LogP contribution in [0.15, 0.2) is 24.3 Å². The van der Waals surface area contributed by atoms with Crippen LogP contribution >= 0.6 is 0 Å². The van der Waals surface area contributed by atoms with Crippen LogP contribution in [-0.4, -0.2) is 140 Å². The maximum atomic E-state index is 13.2. The molecule has 14 nitrogen and oxygen atoms in total. The molecule has 0 spiro atoms. The number of hydrogen-bond acceptors (Lipinski definition) is 13. The molecule has 0 aliphatic carbocycles. The Kier molecular flexibility index (Phi) is 41.2. The van der Waals surface area contributed by atoms with Crippen LogP contribution in [0.2, 0.25) is 0 Å². The van der Waals surface area contributed by atoms with Gasteiger partial charge in [0, 0.05) is 6.42 Å². The second-order valence-electron chi connectivity index (χ2n) is 21.1. The SMILES string of the molecule is CCCCCCCCCCCCCCCCCCCC/C=C/CC/C=C/C(O)C(COC1OC(CO)C(OC2OC(CO)C(O)C(O)C2O)C(O)C1O)NC(=O)CCCCCCCCCCCCCCCC. The van der Waals surface area contributed by atoms with Crippen molar-refractivity contribution in [3.8, 4) is 0 Å². The topological polar surface area (TPSA) is 228 Å². The third-order valence-corrected chi connectivity index (χ3v) is 14.6. The predicted molar refractivity (Wildman–Crippen MR) is 286 cm³/mol. The third-order valence-electron chi connectivity index (χ3n) is 14.6. The predicted octanol–water partition coefficient (Wildman–Crippen LogP) is 9.67. The van der Waals surface area contributed by atoms with Crippen molar-refractivity contribution >= 4 is 5.91 Å². The number of amides is 1. The van der Waals surface area contributed by atoms with Gasteiger partial charge in [0.2, 0.25) is 5.91 Å². The molecule has 0 aromatic rings. The molecule has 1 amide bonds. The Labute approximate surface area is 437 Å². The first-order chi connectivity index (χ1) is 35.1. The minimum Gasteiger partial charge on any atom is -0.394 e. The van der Waals surface area contributed by atoms with Gasteiger partial charge >= 0.3 is 0 Å². The molecule has 12 unspecified atom stereocenters. The van der Waals surface area contributed by atoms with E-state index in [-0.39, 0.29) is 18.9 Å². The van der Waals surface area contributed by atoms with E-state index >= 15 is 0 Å². The first-order valence-electron chi connectivity index (χ1n) is 29.6. The van der Waals surface area contributed by atoms with E-state index in [1.54, 1.807) is 6.08 Å². The van der Waals surface area contributed by atoms with Gasteiger partial charge < -0.3 is 65.1 Å². The molecule has 12 atom stereocenters. The number of allylic oxidation sites excluding steroid dienone is 3. The summed E-state index contributed by atoms with van der Waals surface area (Å²) in [6, 6.07) is -0.927. The highest BCUT2D eigenvalue weighted by atomic mass is 16.7. The van der Waals surface area contributed by atoms with Crippen LogP contribution < -0.4 is 5.32 Å². The van der Waals surface area contributed by atoms with Crippen molar-refractivity contribution in [3.05, 3.63) is 24.3 Å². The Hall–Kier alpha value is -1.53. The van der Waals surface area contributed by atoms with Crippen LogP contribution in [0, 0.1) is 0 Å². The lowest BCUT2D eigenvalue weighted by Gasteiger charge is -2.46. The van der Waals surface area contributed by atoms with Crippen molar-refractivity contribution in [1.29, 1.82) is 0 Å². The molecule has 2 fully saturated rings. The molecule has 0 aromatic heterocycles. The van der Waals surface area contributed by atoms with Crippen molar-refractivity contribution in [2.75, 3.05) is 19.8 Å². The van der Waals surface area contributed by atoms with E-state index in [1.165, 1.54) is 180 Å². The number of carbonyl (C=O) groups is 1. The molecule has 2 saturated heterocycles. The van der Waals surface area contributed by atoms with Crippen molar-refractivity contribution in [2.45, 2.75) is 319 Å². The molecule has 0 saturated carbocycles. The first-order valence-corrected chi connectivity index (χ1v) is 29.6. The third kappa shape index (κ3) is 30.3. The molecular weight excluding hydrogens is 919 g/mol. The summed E-state index contributed by atoms with van der Waals surface area (Å²) in [6.45, 7) is 2.80. The molecule has 2 rings (SSSR count). The largest absolute Gasteiger partial charge is 0.394 e. The first kappa shape index (κ1) is 66.6. The summed E-state index contributed by atoms with van der Waals surface area (Å²) in [7, 11) is 0. The van der Waals surface area contributed by atoms with Crippen LogP contribution in [-0.2, 0) is 23.7 Å². The second-order valence-corrected chi connectivity index (χ2v) is 21.1. The van der Waals surface area contributed by atoms with E-state index in [0.717, 1.165) is 32.1 Å². The fourth-order valence-electron chi connectivity index (χ4n) is 9.84. The zero-order chi connectivity index (χ0) is 52.4. The molecule has 9 N–H and O–H groups in total. The highest BCUT2D eigenvalue weighted by Gasteiger charge is 2.51. The van der Waals surface area contributed by atoms with E-state index in [4.69, 9.17) is 18.9 Å². The molecule has 2 heterocycles. The van der Waals surface area contributed by atoms with E-state index in [1.807, 2.05) is 6.08 Å². The molecule has 424 valence electrons. The Morgan fingerprint density at radius 2 is 0.889 bits per heavy atom. The van der Waals surface area contributed by atoms with E-state index in [0.29, 0.717) is 12.8 Å². The van der Waals surface area contributed by atoms with Crippen LogP contribution in [0.1, 0.15) is 245 Å². The fraction of sp³-hybridized carbons (Fsp3) is 0.914. The van der Waals surface area contributed by atoms with E-state index < -0.39 is 86.8 Å². The maximum absolute atomic E-state index is 13.2. The summed E-state index contributed by atoms with van der Waals surface area (Å²) in [4.78, 5) is 13.2. The standard InChI is InChI=1S/C58H109NO13/c1-3-5-7-9-11-13-15-17-19-20-21-22-23-24-25-26-27-28-29-31-33-35-37-39-41-47(62)46(59-50(63)42-40-38-36-34-32-30-18-16-14-12-10-8-6-4-2)45-69-57-55(68)53(66)56(49(44-61)71-57)72-58-54(67)52(65)51(64)48(43-60)70-58/h31,33,39,41,46-49,51-58,60-62,64-68H,3-30,32,34-38,40,42-45H2,1-2H3,(H,59,63)/b33-31+,41-39+. The monoisotopic (exact) mass is 1030 g/mol. The maximum Gasteiger partial charge on any atom is 0.220 e. The van der Waals surface area contributed by atoms with Gasteiger partial charge in [-0.15, -0.1) is 0 Å². The van der Waals surface area contributed by atoms with Crippen molar-refractivity contribution in [2.24, 2.45) is 0 Å². The number of nitrogens with one attached hydrogen (secondary N) is 1. The van der Waals surface area contributed by atoms with Gasteiger partial charge in [-0.2, -0.15) is 0 Å². The Bertz CT molecular complexity index is 1300. The van der Waals surface area contributed by atoms with Crippen LogP contribution in [0.5, 0.6) is 0 Å². The summed E-state index contributed by atoms with van der Waals surface area (Å²) in [5, 5.41) is 87.0. The Morgan fingerprint density at radius 3 is 1.36 bits per heavy atom. The van der Waals surface area contributed by atoms with E-state index in [2.05, 4.69) is 31.3 Å². The van der Waals surface area contributed by atoms with Crippen molar-refractivity contribution in [3.63, 3.8) is 0 Å². The highest BCUT2D eigenvalue weighted by molar-refractivity contribution is 5.76. The smallest absolute Gasteiger partial charge is 0.220 e. The second kappa shape index (κ2) is 44.6. The van der Waals surface area contributed by atoms with Crippen molar-refractivity contribution in [1.82, 2.24) is 5.32 Å². The van der Waals surface area contributed by atoms with Gasteiger partial charge in [-0.3, -0.25) is 4.79 Å². The molecule has 0 radical (unpaired) electrons. The average molecular weight is 1030 g/mol. The van der Waals surface area contributed by atoms with Gasteiger partial charge in [-0.25, -0.2) is 0 Å². The normalized spacial score (nSPS) is 25.7. The highest BCUT2D eigenvalue weighted by Crippen LogP contribution is 2.30. The van der Waals surface area contributed by atoms with Gasteiger partial charge in [0.15, 0.2) is 12.6 Å². The molecule has 2 aliphatic rings. The number of unbranched alkanes of at least 4 members (excludes halogenated alkanes) is 32. The van der Waals surface area contributed by atoms with Gasteiger partial charge in [-0.1, -0.05) is 231 Å². The minimum absolute atomic E-state index is 0.246. The zero-order valence-electron chi connectivity index (χ0n) is 45.4. The minimum atomic E-state index is -1.79. The number of ether oxygens (including phenoxy) is 4. The summed E-state index contributed by atoms with van der Waals surface area (Å²) < 4.78 is 22.7. The lowest BCUT2D eigenvalue weighted by Crippen LogP contribution is -2.65. The number of aliphatic hydroxyl groups excluding tert-OH is 8. The summed E-state index contributed by atoms with van der Waals surface area (Å²) in [5.74, 6) is -0.246. The lowest BCUT2D eigenvalue weighted by atomic mass is 9.97. The van der Waals surface area contributed by atoms with Gasteiger partial charge in [0.1, 0.15) is 48.8 Å². The Morgan fingerprint density at radius 1 is 0.486 bits per heavy atom. The molecule has 2 aliphatic heterocycles. The van der Waals surface area contributed by atoms with E-state index in [9.17, 15) is 45.6 Å². The summed E-state index contributed by atoms with van der Waals surface area (Å²) >= 11 is 0. The zero-order valence-corrected chi connectivity index (χ0v) is 45.4.